The van der Waals surface area contributed by atoms with Gasteiger partial charge in [0.2, 0.25) is 0 Å². The molecule has 0 fully saturated rings. The molecular weight excluding hydrogens is 218 g/mol. The van der Waals surface area contributed by atoms with Crippen LogP contribution in [0.1, 0.15) is 37.3 Å². The van der Waals surface area contributed by atoms with Crippen molar-refractivity contribution in [2.45, 2.75) is 26.2 Å². The minimum Gasteiger partial charge on any atom is -0.192 e. The molecule has 0 N–H and O–H groups in total. The fraction of sp³-hybridized carbons (Fsp3) is 0.235. The van der Waals surface area contributed by atoms with Crippen molar-refractivity contribution in [2.24, 2.45) is 0 Å². The van der Waals surface area contributed by atoms with Gasteiger partial charge in [0.15, 0.2) is 0 Å². The van der Waals surface area contributed by atoms with E-state index in [1.54, 1.807) is 24.3 Å². The summed E-state index contributed by atoms with van der Waals surface area (Å²) < 4.78 is 0. The number of hydrogen-bond donors (Lipinski definition) is 0. The molecule has 1 aromatic rings. The lowest BCUT2D eigenvalue weighted by atomic mass is 10.1. The van der Waals surface area contributed by atoms with Gasteiger partial charge in [-0.1, -0.05) is 37.0 Å². The number of nitrogens with zero attached hydrogens (tertiary/aromatic N) is 1. The maximum atomic E-state index is 8.65. The molecule has 0 unspecified atom stereocenters. The summed E-state index contributed by atoms with van der Waals surface area (Å²) in [7, 11) is 0. The molecule has 88 valence electrons. The average molecular weight is 233 g/mol. The van der Waals surface area contributed by atoms with Gasteiger partial charge in [0.05, 0.1) is 11.6 Å². The van der Waals surface area contributed by atoms with E-state index in [-0.39, 0.29) is 0 Å². The molecule has 1 aromatic carbocycles. The second kappa shape index (κ2) is 8.69. The third-order valence-electron chi connectivity index (χ3n) is 2.24. The fourth-order valence-corrected chi connectivity index (χ4v) is 1.23. The summed E-state index contributed by atoms with van der Waals surface area (Å²) in [5, 5.41) is 8.65. The smallest absolute Gasteiger partial charge is 0.0991 e. The largest absolute Gasteiger partial charge is 0.192 e. The molecule has 0 amide bonds. The Morgan fingerprint density at radius 3 is 2.39 bits per heavy atom. The van der Waals surface area contributed by atoms with E-state index in [1.165, 1.54) is 6.42 Å². The Morgan fingerprint density at radius 2 is 1.72 bits per heavy atom. The van der Waals surface area contributed by atoms with E-state index in [4.69, 9.17) is 5.26 Å². The Labute approximate surface area is 109 Å². The van der Waals surface area contributed by atoms with Crippen LogP contribution in [0, 0.1) is 35.0 Å². The third kappa shape index (κ3) is 5.60. The SMILES string of the molecule is CCCCC#C/C=C\C#Cc1ccc(C#N)cc1. The van der Waals surface area contributed by atoms with Gasteiger partial charge >= 0.3 is 0 Å². The second-order valence-corrected chi connectivity index (χ2v) is 3.72. The molecule has 0 heterocycles. The van der Waals surface area contributed by atoms with Crippen molar-refractivity contribution in [1.82, 2.24) is 0 Å². The van der Waals surface area contributed by atoms with Crippen molar-refractivity contribution < 1.29 is 0 Å². The topological polar surface area (TPSA) is 23.8 Å². The molecule has 0 aromatic heterocycles. The highest BCUT2D eigenvalue weighted by molar-refractivity contribution is 5.41. The van der Waals surface area contributed by atoms with E-state index in [9.17, 15) is 0 Å². The molecule has 1 heteroatoms. The summed E-state index contributed by atoms with van der Waals surface area (Å²) in [5.74, 6) is 11.9. The van der Waals surface area contributed by atoms with Crippen LogP contribution in [-0.4, -0.2) is 0 Å². The lowest BCUT2D eigenvalue weighted by Crippen LogP contribution is -1.75. The van der Waals surface area contributed by atoms with Gasteiger partial charge in [-0.15, -0.1) is 0 Å². The number of allylic oxidation sites excluding steroid dienone is 2. The van der Waals surface area contributed by atoms with E-state index >= 15 is 0 Å². The third-order valence-corrected chi connectivity index (χ3v) is 2.24. The van der Waals surface area contributed by atoms with Gasteiger partial charge in [-0.05, 0) is 42.8 Å². The molecular formula is C17H15N. The fourth-order valence-electron chi connectivity index (χ4n) is 1.23. The van der Waals surface area contributed by atoms with Crippen molar-refractivity contribution in [1.29, 1.82) is 5.26 Å². The van der Waals surface area contributed by atoms with Crippen LogP contribution in [-0.2, 0) is 0 Å². The maximum Gasteiger partial charge on any atom is 0.0991 e. The highest BCUT2D eigenvalue weighted by Crippen LogP contribution is 2.01. The summed E-state index contributed by atoms with van der Waals surface area (Å²) in [6, 6.07) is 9.28. The molecule has 0 saturated heterocycles. The van der Waals surface area contributed by atoms with Crippen molar-refractivity contribution >= 4 is 0 Å². The number of nitriles is 1. The van der Waals surface area contributed by atoms with Gasteiger partial charge in [0.1, 0.15) is 0 Å². The van der Waals surface area contributed by atoms with E-state index in [0.29, 0.717) is 5.56 Å². The van der Waals surface area contributed by atoms with Crippen molar-refractivity contribution in [3.05, 3.63) is 47.5 Å². The molecule has 0 bridgehead atoms. The highest BCUT2D eigenvalue weighted by atomic mass is 14.2. The van der Waals surface area contributed by atoms with E-state index < -0.39 is 0 Å². The number of hydrogen-bond acceptors (Lipinski definition) is 1. The highest BCUT2D eigenvalue weighted by Gasteiger charge is 1.88. The number of rotatable bonds is 2. The first-order valence-electron chi connectivity index (χ1n) is 6.02. The molecule has 0 radical (unpaired) electrons. The Kier molecular flexibility index (Phi) is 6.58. The van der Waals surface area contributed by atoms with E-state index in [1.807, 2.05) is 12.1 Å². The van der Waals surface area contributed by atoms with Crippen LogP contribution in [0.25, 0.3) is 0 Å². The minimum absolute atomic E-state index is 0.651. The molecule has 1 nitrogen and oxygen atoms in total. The molecule has 18 heavy (non-hydrogen) atoms. The van der Waals surface area contributed by atoms with Crippen LogP contribution < -0.4 is 0 Å². The first kappa shape index (κ1) is 13.6. The summed E-state index contributed by atoms with van der Waals surface area (Å²) in [6.45, 7) is 2.15. The predicted octanol–water partition coefficient (Wildman–Crippen LogP) is 3.66. The Balaban J connectivity index is 2.47. The van der Waals surface area contributed by atoms with Gasteiger partial charge in [-0.2, -0.15) is 5.26 Å². The zero-order valence-electron chi connectivity index (χ0n) is 10.5. The Bertz CT molecular complexity index is 548. The quantitative estimate of drug-likeness (QED) is 0.565. The van der Waals surface area contributed by atoms with Crippen LogP contribution in [0.4, 0.5) is 0 Å². The lowest BCUT2D eigenvalue weighted by Gasteiger charge is -1.88. The zero-order chi connectivity index (χ0) is 13.1. The van der Waals surface area contributed by atoms with Crippen molar-refractivity contribution in [3.63, 3.8) is 0 Å². The molecule has 0 aliphatic rings. The van der Waals surface area contributed by atoms with Gasteiger partial charge < -0.3 is 0 Å². The predicted molar refractivity (Wildman–Crippen MR) is 74.5 cm³/mol. The van der Waals surface area contributed by atoms with Crippen LogP contribution >= 0.6 is 0 Å². The molecule has 0 atom stereocenters. The summed E-state index contributed by atoms with van der Waals surface area (Å²) in [5.41, 5.74) is 1.55. The summed E-state index contributed by atoms with van der Waals surface area (Å²) in [6.07, 6.45) is 6.79. The molecule has 0 aliphatic carbocycles. The van der Waals surface area contributed by atoms with Crippen LogP contribution in [0.15, 0.2) is 36.4 Å². The van der Waals surface area contributed by atoms with Gasteiger partial charge in [-0.3, -0.25) is 0 Å². The number of unbranched alkanes of at least 4 members (excludes halogenated alkanes) is 2. The standard InChI is InChI=1S/C17H15N/c1-2-3-4-5-6-7-8-9-10-16-11-13-17(15-18)14-12-16/h7-8,11-14H,2-4H2,1H3/b8-7-. The normalized spacial score (nSPS) is 8.89. The minimum atomic E-state index is 0.651. The summed E-state index contributed by atoms with van der Waals surface area (Å²) >= 11 is 0. The molecule has 0 spiro atoms. The maximum absolute atomic E-state index is 8.65. The van der Waals surface area contributed by atoms with E-state index in [2.05, 4.69) is 36.7 Å². The van der Waals surface area contributed by atoms with Crippen LogP contribution in [0.5, 0.6) is 0 Å². The Morgan fingerprint density at radius 1 is 1.06 bits per heavy atom. The first-order valence-corrected chi connectivity index (χ1v) is 6.02. The van der Waals surface area contributed by atoms with Crippen molar-refractivity contribution in [3.8, 4) is 29.8 Å². The molecule has 0 aliphatic heterocycles. The van der Waals surface area contributed by atoms with Gasteiger partial charge in [-0.25, -0.2) is 0 Å². The van der Waals surface area contributed by atoms with Gasteiger partial charge in [0.25, 0.3) is 0 Å². The zero-order valence-corrected chi connectivity index (χ0v) is 10.5. The molecule has 1 rings (SSSR count). The lowest BCUT2D eigenvalue weighted by molar-refractivity contribution is 0.828. The Hall–Kier alpha value is -2.43. The van der Waals surface area contributed by atoms with Crippen LogP contribution in [0.2, 0.25) is 0 Å². The average Bonchev–Trinajstić information content (AvgIpc) is 2.42. The number of benzene rings is 1. The van der Waals surface area contributed by atoms with Crippen LogP contribution in [0.3, 0.4) is 0 Å². The van der Waals surface area contributed by atoms with Crippen molar-refractivity contribution in [2.75, 3.05) is 0 Å². The van der Waals surface area contributed by atoms with Gasteiger partial charge in [0, 0.05) is 12.0 Å². The molecule has 0 saturated carbocycles. The first-order chi connectivity index (χ1) is 8.86. The summed E-state index contributed by atoms with van der Waals surface area (Å²) in [4.78, 5) is 0. The second-order valence-electron chi connectivity index (χ2n) is 3.72. The monoisotopic (exact) mass is 233 g/mol. The van der Waals surface area contributed by atoms with E-state index in [0.717, 1.165) is 18.4 Å².